The van der Waals surface area contributed by atoms with Crippen LogP contribution in [0.4, 0.5) is 5.69 Å². The van der Waals surface area contributed by atoms with Crippen LogP contribution in [-0.4, -0.2) is 36.7 Å². The van der Waals surface area contributed by atoms with Crippen LogP contribution in [0.15, 0.2) is 84.2 Å². The van der Waals surface area contributed by atoms with Crippen LogP contribution in [0.25, 0.3) is 10.4 Å². The average molecular weight is 598 g/mol. The Morgan fingerprint density at radius 1 is 1.05 bits per heavy atom. The Balaban J connectivity index is 0.000000201. The maximum atomic E-state index is 12.7. The fourth-order valence-corrected chi connectivity index (χ4v) is 5.62. The minimum atomic E-state index is -0.375. The summed E-state index contributed by atoms with van der Waals surface area (Å²) in [4.78, 5) is 25.8. The van der Waals surface area contributed by atoms with Gasteiger partial charge in [0.15, 0.2) is 0 Å². The molecule has 1 saturated heterocycles. The Morgan fingerprint density at radius 2 is 1.82 bits per heavy atom. The van der Waals surface area contributed by atoms with E-state index in [-0.39, 0.29) is 36.7 Å². The van der Waals surface area contributed by atoms with E-state index in [0.717, 1.165) is 16.9 Å². The number of rotatable bonds is 7. The number of aryl methyl sites for hydroxylation is 1. The molecule has 3 aromatic carbocycles. The molecule has 0 bridgehead atoms. The molecule has 0 radical (unpaired) electrons. The first kappa shape index (κ1) is 29.6. The molecule has 1 aliphatic rings. The van der Waals surface area contributed by atoms with Crippen LogP contribution in [0.3, 0.4) is 0 Å². The third kappa shape index (κ3) is 8.08. The van der Waals surface area contributed by atoms with Crippen molar-refractivity contribution in [3.05, 3.63) is 105 Å². The van der Waals surface area contributed by atoms with Crippen molar-refractivity contribution in [2.75, 3.05) is 25.1 Å². The van der Waals surface area contributed by atoms with Gasteiger partial charge in [0.1, 0.15) is 12.4 Å². The zero-order valence-corrected chi connectivity index (χ0v) is 24.2. The number of nitrogens with one attached hydrogen (secondary N) is 2. The monoisotopic (exact) mass is 596 g/mol. The van der Waals surface area contributed by atoms with Crippen LogP contribution in [0, 0.1) is 12.8 Å². The lowest BCUT2D eigenvalue weighted by Crippen LogP contribution is -2.45. The zero-order valence-electron chi connectivity index (χ0n) is 21.9. The molecule has 1 aliphatic heterocycles. The molecule has 0 spiro atoms. The van der Waals surface area contributed by atoms with E-state index in [9.17, 15) is 9.59 Å². The lowest BCUT2D eigenvalue weighted by molar-refractivity contribution is -0.127. The largest absolute Gasteiger partial charge is 0.491 e. The third-order valence-corrected chi connectivity index (χ3v) is 7.83. The number of ether oxygens (including phenoxy) is 1. The summed E-state index contributed by atoms with van der Waals surface area (Å²) in [6, 6.07) is 24.6. The molecule has 0 aliphatic carbocycles. The van der Waals surface area contributed by atoms with Crippen molar-refractivity contribution in [3.8, 4) is 16.2 Å². The van der Waals surface area contributed by atoms with Crippen LogP contribution >= 0.6 is 34.5 Å². The molecule has 0 saturated carbocycles. The van der Waals surface area contributed by atoms with E-state index >= 15 is 0 Å². The van der Waals surface area contributed by atoms with E-state index < -0.39 is 0 Å². The number of hydrogen-bond acceptors (Lipinski definition) is 5. The summed E-state index contributed by atoms with van der Waals surface area (Å²) in [5.74, 6) is 0.0418. The molecule has 9 heteroatoms. The smallest absolute Gasteiger partial charge is 0.229 e. The number of piperidine rings is 1. The highest BCUT2D eigenvalue weighted by molar-refractivity contribution is 7.13. The van der Waals surface area contributed by atoms with Gasteiger partial charge in [0.2, 0.25) is 11.8 Å². The number of thiophene rings is 1. The van der Waals surface area contributed by atoms with Crippen LogP contribution in [-0.2, 0) is 9.59 Å². The number of hydrogen-bond donors (Lipinski definition) is 3. The highest BCUT2D eigenvalue weighted by Gasteiger charge is 2.35. The maximum Gasteiger partial charge on any atom is 0.229 e. The van der Waals surface area contributed by atoms with Gasteiger partial charge in [-0.15, -0.1) is 11.3 Å². The van der Waals surface area contributed by atoms with Crippen molar-refractivity contribution in [2.45, 2.75) is 19.3 Å². The quantitative estimate of drug-likeness (QED) is 0.215. The van der Waals surface area contributed by atoms with Crippen molar-refractivity contribution in [1.29, 1.82) is 0 Å². The summed E-state index contributed by atoms with van der Waals surface area (Å²) in [6.45, 7) is 2.71. The van der Waals surface area contributed by atoms with Gasteiger partial charge in [-0.1, -0.05) is 47.5 Å². The molecule has 3 N–H and O–H groups in total. The molecule has 208 valence electrons. The van der Waals surface area contributed by atoms with E-state index in [1.54, 1.807) is 41.7 Å². The van der Waals surface area contributed by atoms with Gasteiger partial charge in [0.05, 0.1) is 12.5 Å². The lowest BCUT2D eigenvalue weighted by Gasteiger charge is -2.31. The lowest BCUT2D eigenvalue weighted by atomic mass is 9.80. The second kappa shape index (κ2) is 14.3. The van der Waals surface area contributed by atoms with Gasteiger partial charge >= 0.3 is 0 Å². The van der Waals surface area contributed by atoms with E-state index in [4.69, 9.17) is 33.0 Å². The van der Waals surface area contributed by atoms with Crippen LogP contribution in [0.5, 0.6) is 5.75 Å². The predicted molar refractivity (Wildman–Crippen MR) is 162 cm³/mol. The summed E-state index contributed by atoms with van der Waals surface area (Å²) < 4.78 is 5.41. The molecule has 1 aromatic heterocycles. The highest BCUT2D eigenvalue weighted by atomic mass is 35.5. The minimum Gasteiger partial charge on any atom is -0.491 e. The van der Waals surface area contributed by atoms with Crippen molar-refractivity contribution in [3.63, 3.8) is 0 Å². The van der Waals surface area contributed by atoms with Gasteiger partial charge in [-0.3, -0.25) is 9.59 Å². The van der Waals surface area contributed by atoms with Gasteiger partial charge in [-0.25, -0.2) is 0 Å². The van der Waals surface area contributed by atoms with Crippen molar-refractivity contribution < 1.29 is 19.4 Å². The normalized spacial score (nSPS) is 16.4. The average Bonchev–Trinajstić information content (AvgIpc) is 3.48. The first-order chi connectivity index (χ1) is 19.3. The summed E-state index contributed by atoms with van der Waals surface area (Å²) in [7, 11) is 0. The van der Waals surface area contributed by atoms with Crippen molar-refractivity contribution in [1.82, 2.24) is 5.32 Å². The number of aliphatic hydroxyl groups is 1. The summed E-state index contributed by atoms with van der Waals surface area (Å²) in [5.41, 5.74) is 3.83. The SMILES string of the molecule is Cc1cc(-c2cccs2)ccc1OCCO.O=C1C[C@@H](c2cccc(Cl)c2)C(C(=O)Nc2cccc(Cl)c2)CN1. The first-order valence-corrected chi connectivity index (χ1v) is 14.4. The summed E-state index contributed by atoms with van der Waals surface area (Å²) in [6.07, 6.45) is 0.258. The zero-order chi connectivity index (χ0) is 28.5. The number of carbonyl (C=O) groups is 2. The Kier molecular flexibility index (Phi) is 10.6. The van der Waals surface area contributed by atoms with Crippen LogP contribution in [0.1, 0.15) is 23.5 Å². The van der Waals surface area contributed by atoms with E-state index in [0.29, 0.717) is 28.9 Å². The molecular weight excluding hydrogens is 567 g/mol. The summed E-state index contributed by atoms with van der Waals surface area (Å²) >= 11 is 13.7. The van der Waals surface area contributed by atoms with Gasteiger partial charge in [-0.2, -0.15) is 0 Å². The Bertz CT molecular complexity index is 1450. The molecule has 4 aromatic rings. The van der Waals surface area contributed by atoms with Gasteiger partial charge in [0, 0.05) is 39.5 Å². The van der Waals surface area contributed by atoms with Crippen LogP contribution in [0.2, 0.25) is 10.0 Å². The molecule has 1 fully saturated rings. The summed E-state index contributed by atoms with van der Waals surface area (Å²) in [5, 5.41) is 17.6. The molecule has 40 heavy (non-hydrogen) atoms. The van der Waals surface area contributed by atoms with Crippen molar-refractivity contribution in [2.24, 2.45) is 5.92 Å². The van der Waals surface area contributed by atoms with E-state index in [2.05, 4.69) is 28.1 Å². The molecule has 5 rings (SSSR count). The maximum absolute atomic E-state index is 12.7. The highest BCUT2D eigenvalue weighted by Crippen LogP contribution is 2.33. The number of anilines is 1. The Hall–Kier alpha value is -3.36. The van der Waals surface area contributed by atoms with Gasteiger partial charge < -0.3 is 20.5 Å². The first-order valence-electron chi connectivity index (χ1n) is 12.8. The van der Waals surface area contributed by atoms with Crippen molar-refractivity contribution >= 4 is 52.0 Å². The second-order valence-corrected chi connectivity index (χ2v) is 11.1. The topological polar surface area (TPSA) is 87.7 Å². The Morgan fingerprint density at radius 3 is 2.50 bits per heavy atom. The number of halogens is 2. The molecule has 2 atom stereocenters. The van der Waals surface area contributed by atoms with E-state index in [1.807, 2.05) is 43.3 Å². The van der Waals surface area contributed by atoms with E-state index in [1.165, 1.54) is 10.4 Å². The minimum absolute atomic E-state index is 0.0477. The second-order valence-electron chi connectivity index (χ2n) is 9.31. The van der Waals surface area contributed by atoms with Crippen LogP contribution < -0.4 is 15.4 Å². The molecule has 1 unspecified atom stereocenters. The Labute approximate surface area is 247 Å². The van der Waals surface area contributed by atoms with Gasteiger partial charge in [0.25, 0.3) is 0 Å². The number of carbonyl (C=O) groups excluding carboxylic acids is 2. The molecule has 2 amide bonds. The molecule has 6 nitrogen and oxygen atoms in total. The van der Waals surface area contributed by atoms with Gasteiger partial charge in [-0.05, 0) is 83.6 Å². The fraction of sp³-hybridized carbons (Fsp3) is 0.226. The number of amides is 2. The third-order valence-electron chi connectivity index (χ3n) is 6.45. The number of benzene rings is 3. The fourth-order valence-electron chi connectivity index (χ4n) is 4.51. The predicted octanol–water partition coefficient (Wildman–Crippen LogP) is 6.95. The molecule has 2 heterocycles. The standard InChI is InChI=1S/C18H16Cl2N2O2.C13H14O2S/c19-12-4-1-3-11(7-12)15-9-17(23)21-10-16(15)18(24)22-14-6-2-5-13(20)8-14;1-10-9-11(13-3-2-8-16-13)4-5-12(10)15-7-6-14/h1-8,15-16H,9-10H2,(H,21,23)(H,22,24);2-5,8-9,14H,6-7H2,1H3/t15-,16?;/m0./s1. The molecular formula is C31H30Cl2N2O4S. The number of aliphatic hydroxyl groups excluding tert-OH is 1.